The van der Waals surface area contributed by atoms with E-state index in [9.17, 15) is 5.11 Å². The molecule has 0 radical (unpaired) electrons. The van der Waals surface area contributed by atoms with Crippen molar-refractivity contribution in [2.45, 2.75) is 52.7 Å². The van der Waals surface area contributed by atoms with E-state index in [-0.39, 0.29) is 6.10 Å². The third kappa shape index (κ3) is 8.07. The summed E-state index contributed by atoms with van der Waals surface area (Å²) in [6, 6.07) is 7.64. The van der Waals surface area contributed by atoms with Crippen molar-refractivity contribution in [3.05, 3.63) is 29.8 Å². The van der Waals surface area contributed by atoms with Gasteiger partial charge in [0.25, 0.3) is 0 Å². The minimum absolute atomic E-state index is 0.112. The molecule has 2 unspecified atom stereocenters. The minimum Gasteiger partial charge on any atom is -0.491 e. The van der Waals surface area contributed by atoms with Gasteiger partial charge in [0.2, 0.25) is 0 Å². The lowest BCUT2D eigenvalue weighted by atomic mass is 10.1. The lowest BCUT2D eigenvalue weighted by Crippen LogP contribution is -2.40. The molecule has 1 fully saturated rings. The number of aliphatic hydroxyl groups is 1. The number of likely N-dealkylation sites (tertiary alicyclic amines) is 1. The zero-order valence-corrected chi connectivity index (χ0v) is 17.9. The van der Waals surface area contributed by atoms with Gasteiger partial charge in [-0.1, -0.05) is 19.1 Å². The molecule has 0 bridgehead atoms. The van der Waals surface area contributed by atoms with Crippen LogP contribution in [-0.4, -0.2) is 61.3 Å². The molecule has 2 atom stereocenters. The van der Waals surface area contributed by atoms with E-state index in [1.165, 1.54) is 25.9 Å². The Morgan fingerprint density at radius 2 is 1.96 bits per heavy atom. The summed E-state index contributed by atoms with van der Waals surface area (Å²) >= 11 is 0. The molecule has 1 aromatic rings. The minimum atomic E-state index is -0.624. The third-order valence-electron chi connectivity index (χ3n) is 4.75. The van der Waals surface area contributed by atoms with Crippen molar-refractivity contribution in [3.63, 3.8) is 0 Å². The number of rotatable bonds is 10. The number of nitrogens with zero attached hydrogens (tertiary/aromatic N) is 2. The number of benzene rings is 1. The van der Waals surface area contributed by atoms with Gasteiger partial charge in [-0.2, -0.15) is 0 Å². The molecular formula is C22H38N4O2. The van der Waals surface area contributed by atoms with Crippen LogP contribution in [0.25, 0.3) is 0 Å². The van der Waals surface area contributed by atoms with Crippen LogP contribution in [0.3, 0.4) is 0 Å². The molecule has 3 N–H and O–H groups in total. The van der Waals surface area contributed by atoms with Crippen molar-refractivity contribution in [2.24, 2.45) is 10.9 Å². The van der Waals surface area contributed by atoms with Gasteiger partial charge in [0.1, 0.15) is 5.75 Å². The van der Waals surface area contributed by atoms with E-state index in [0.29, 0.717) is 12.5 Å². The van der Waals surface area contributed by atoms with Crippen molar-refractivity contribution in [2.75, 3.05) is 39.3 Å². The SMILES string of the molecule is CCNC(=NCC(C)CN1CCCC1)NCC(O)c1cccc(OC(C)C)c1. The molecule has 1 aromatic carbocycles. The average Bonchev–Trinajstić information content (AvgIpc) is 3.16. The maximum absolute atomic E-state index is 10.6. The molecule has 0 amide bonds. The molecule has 28 heavy (non-hydrogen) atoms. The van der Waals surface area contributed by atoms with Crippen LogP contribution in [-0.2, 0) is 0 Å². The highest BCUT2D eigenvalue weighted by atomic mass is 16.5. The summed E-state index contributed by atoms with van der Waals surface area (Å²) in [5.41, 5.74) is 0.837. The van der Waals surface area contributed by atoms with E-state index in [2.05, 4.69) is 22.5 Å². The normalized spacial score (nSPS) is 17.6. The van der Waals surface area contributed by atoms with Gasteiger partial charge in [-0.25, -0.2) is 0 Å². The van der Waals surface area contributed by atoms with Gasteiger partial charge in [0.15, 0.2) is 5.96 Å². The number of guanidine groups is 1. The molecule has 6 heteroatoms. The highest BCUT2D eigenvalue weighted by Crippen LogP contribution is 2.20. The Balaban J connectivity index is 1.85. The van der Waals surface area contributed by atoms with Gasteiger partial charge < -0.3 is 25.4 Å². The molecule has 6 nitrogen and oxygen atoms in total. The fraction of sp³-hybridized carbons (Fsp3) is 0.682. The third-order valence-corrected chi connectivity index (χ3v) is 4.75. The maximum Gasteiger partial charge on any atom is 0.191 e. The van der Waals surface area contributed by atoms with Crippen LogP contribution in [0.1, 0.15) is 52.2 Å². The Kier molecular flexibility index (Phi) is 9.58. The second kappa shape index (κ2) is 11.9. The molecule has 158 valence electrons. The van der Waals surface area contributed by atoms with Crippen molar-refractivity contribution in [3.8, 4) is 5.75 Å². The first-order valence-corrected chi connectivity index (χ1v) is 10.7. The second-order valence-corrected chi connectivity index (χ2v) is 7.97. The summed E-state index contributed by atoms with van der Waals surface area (Å²) in [6.07, 6.45) is 2.13. The zero-order valence-electron chi connectivity index (χ0n) is 17.9. The first-order valence-electron chi connectivity index (χ1n) is 10.7. The summed E-state index contributed by atoms with van der Waals surface area (Å²) in [5.74, 6) is 2.05. The summed E-state index contributed by atoms with van der Waals surface area (Å²) in [7, 11) is 0. The van der Waals surface area contributed by atoms with Crippen molar-refractivity contribution < 1.29 is 9.84 Å². The fourth-order valence-electron chi connectivity index (χ4n) is 3.43. The summed E-state index contributed by atoms with van der Waals surface area (Å²) in [6.45, 7) is 13.8. The average molecular weight is 391 g/mol. The lowest BCUT2D eigenvalue weighted by molar-refractivity contribution is 0.179. The quantitative estimate of drug-likeness (QED) is 0.423. The van der Waals surface area contributed by atoms with Crippen LogP contribution >= 0.6 is 0 Å². The van der Waals surface area contributed by atoms with Crippen LogP contribution in [0.4, 0.5) is 0 Å². The first-order chi connectivity index (χ1) is 13.5. The second-order valence-electron chi connectivity index (χ2n) is 7.97. The van der Waals surface area contributed by atoms with Crippen molar-refractivity contribution >= 4 is 5.96 Å². The monoisotopic (exact) mass is 390 g/mol. The molecule has 0 spiro atoms. The number of hydrogen-bond acceptors (Lipinski definition) is 4. The maximum atomic E-state index is 10.6. The molecule has 1 aliphatic heterocycles. The molecule has 2 rings (SSSR count). The van der Waals surface area contributed by atoms with Crippen molar-refractivity contribution in [1.29, 1.82) is 0 Å². The van der Waals surface area contributed by atoms with Crippen LogP contribution < -0.4 is 15.4 Å². The van der Waals surface area contributed by atoms with Crippen molar-refractivity contribution in [1.82, 2.24) is 15.5 Å². The van der Waals surface area contributed by atoms with E-state index in [0.717, 1.165) is 36.9 Å². The molecule has 0 saturated carbocycles. The van der Waals surface area contributed by atoms with E-state index in [1.54, 1.807) is 0 Å². The Morgan fingerprint density at radius 3 is 2.64 bits per heavy atom. The Morgan fingerprint density at radius 1 is 1.21 bits per heavy atom. The topological polar surface area (TPSA) is 69.1 Å². The van der Waals surface area contributed by atoms with E-state index >= 15 is 0 Å². The molecule has 1 heterocycles. The zero-order chi connectivity index (χ0) is 20.4. The van der Waals surface area contributed by atoms with Crippen LogP contribution in [0.5, 0.6) is 5.75 Å². The smallest absolute Gasteiger partial charge is 0.191 e. The number of nitrogens with one attached hydrogen (secondary N) is 2. The van der Waals surface area contributed by atoms with E-state index in [4.69, 9.17) is 9.73 Å². The van der Waals surface area contributed by atoms with Gasteiger partial charge in [-0.15, -0.1) is 0 Å². The highest BCUT2D eigenvalue weighted by molar-refractivity contribution is 5.79. The Bertz CT molecular complexity index is 600. The molecule has 1 aliphatic rings. The Labute approximate surface area is 170 Å². The molecule has 0 aromatic heterocycles. The fourth-order valence-corrected chi connectivity index (χ4v) is 3.43. The number of aliphatic imine (C=N–C) groups is 1. The highest BCUT2D eigenvalue weighted by Gasteiger charge is 2.15. The number of aliphatic hydroxyl groups excluding tert-OH is 1. The standard InChI is InChI=1S/C22H38N4O2/c1-5-23-22(24-14-18(4)16-26-11-6-7-12-26)25-15-21(27)19-9-8-10-20(13-19)28-17(2)3/h8-10,13,17-18,21,27H,5-7,11-12,14-16H2,1-4H3,(H2,23,24,25). The van der Waals surface area contributed by atoms with Gasteiger partial charge in [0.05, 0.1) is 12.2 Å². The lowest BCUT2D eigenvalue weighted by Gasteiger charge is -2.20. The molecule has 0 aliphatic carbocycles. The van der Waals surface area contributed by atoms with Gasteiger partial charge in [-0.3, -0.25) is 4.99 Å². The summed E-state index contributed by atoms with van der Waals surface area (Å²) < 4.78 is 5.72. The number of ether oxygens (including phenoxy) is 1. The van der Waals surface area contributed by atoms with Gasteiger partial charge >= 0.3 is 0 Å². The predicted octanol–water partition coefficient (Wildman–Crippen LogP) is 2.79. The summed E-state index contributed by atoms with van der Waals surface area (Å²) in [4.78, 5) is 7.23. The molecular weight excluding hydrogens is 352 g/mol. The van der Waals surface area contributed by atoms with Gasteiger partial charge in [0, 0.05) is 26.2 Å². The van der Waals surface area contributed by atoms with Crippen LogP contribution in [0.15, 0.2) is 29.3 Å². The predicted molar refractivity (Wildman–Crippen MR) is 116 cm³/mol. The molecule has 1 saturated heterocycles. The van der Waals surface area contributed by atoms with E-state index < -0.39 is 6.10 Å². The van der Waals surface area contributed by atoms with Crippen LogP contribution in [0.2, 0.25) is 0 Å². The summed E-state index contributed by atoms with van der Waals surface area (Å²) in [5, 5.41) is 17.1. The first kappa shape index (κ1) is 22.5. The Hall–Kier alpha value is -1.79. The number of hydrogen-bond donors (Lipinski definition) is 3. The van der Waals surface area contributed by atoms with Gasteiger partial charge in [-0.05, 0) is 70.3 Å². The largest absolute Gasteiger partial charge is 0.491 e. The van der Waals surface area contributed by atoms with Crippen LogP contribution in [0, 0.1) is 5.92 Å². The van der Waals surface area contributed by atoms with E-state index in [1.807, 2.05) is 45.0 Å².